The van der Waals surface area contributed by atoms with E-state index in [9.17, 15) is 9.59 Å². The number of nitrogens with one attached hydrogen (secondary N) is 1. The zero-order valence-electron chi connectivity index (χ0n) is 18.6. The van der Waals surface area contributed by atoms with Crippen molar-refractivity contribution in [1.82, 2.24) is 14.8 Å². The van der Waals surface area contributed by atoms with Gasteiger partial charge in [0.25, 0.3) is 0 Å². The number of nitrogens with zero attached hydrogens (tertiary/aromatic N) is 4. The molecule has 0 radical (unpaired) electrons. The van der Waals surface area contributed by atoms with Gasteiger partial charge in [0, 0.05) is 19.5 Å². The number of aromatic nitrogens is 3. The smallest absolute Gasteiger partial charge is 0.237 e. The number of hydrogen-bond donors (Lipinski definition) is 1. The van der Waals surface area contributed by atoms with Crippen molar-refractivity contribution < 1.29 is 19.1 Å². The molecule has 0 bridgehead atoms. The van der Waals surface area contributed by atoms with Gasteiger partial charge in [0.2, 0.25) is 11.8 Å². The summed E-state index contributed by atoms with van der Waals surface area (Å²) in [4.78, 5) is 27.0. The Morgan fingerprint density at radius 1 is 1.15 bits per heavy atom. The zero-order chi connectivity index (χ0) is 23.4. The number of carbonyl (C=O) groups excluding carboxylic acids is 2. The molecule has 2 heterocycles. The molecule has 33 heavy (non-hydrogen) atoms. The molecule has 0 saturated heterocycles. The minimum Gasteiger partial charge on any atom is -0.497 e. The van der Waals surface area contributed by atoms with E-state index in [-0.39, 0.29) is 36.6 Å². The van der Waals surface area contributed by atoms with Crippen LogP contribution >= 0.6 is 11.8 Å². The van der Waals surface area contributed by atoms with Crippen LogP contribution in [0.4, 0.5) is 11.4 Å². The fourth-order valence-electron chi connectivity index (χ4n) is 3.58. The summed E-state index contributed by atoms with van der Waals surface area (Å²) in [7, 11) is 3.45. The maximum absolute atomic E-state index is 13.2. The van der Waals surface area contributed by atoms with E-state index in [0.29, 0.717) is 28.1 Å². The normalized spacial score (nSPS) is 15.4. The first kappa shape index (κ1) is 22.7. The lowest BCUT2D eigenvalue weighted by Gasteiger charge is -2.27. The maximum atomic E-state index is 13.2. The lowest BCUT2D eigenvalue weighted by molar-refractivity contribution is -0.117. The Bertz CT molecular complexity index is 1150. The van der Waals surface area contributed by atoms with Crippen LogP contribution in [-0.2, 0) is 23.2 Å². The van der Waals surface area contributed by atoms with Crippen LogP contribution < -0.4 is 19.7 Å². The molecule has 0 aliphatic carbocycles. The van der Waals surface area contributed by atoms with Gasteiger partial charge in [-0.2, -0.15) is 0 Å². The zero-order valence-corrected chi connectivity index (χ0v) is 19.5. The number of para-hydroxylation sites is 2. The minimum absolute atomic E-state index is 0.101. The maximum Gasteiger partial charge on any atom is 0.237 e. The second-order valence-electron chi connectivity index (χ2n) is 7.59. The molecule has 0 spiro atoms. The highest BCUT2D eigenvalue weighted by atomic mass is 32.2. The van der Waals surface area contributed by atoms with Gasteiger partial charge in [-0.15, -0.1) is 10.2 Å². The predicted octanol–water partition coefficient (Wildman–Crippen LogP) is 3.26. The summed E-state index contributed by atoms with van der Waals surface area (Å²) >= 11 is 1.30. The van der Waals surface area contributed by atoms with E-state index < -0.39 is 0 Å². The Morgan fingerprint density at radius 3 is 2.64 bits per heavy atom. The van der Waals surface area contributed by atoms with Crippen molar-refractivity contribution in [2.75, 3.05) is 23.1 Å². The summed E-state index contributed by atoms with van der Waals surface area (Å²) in [6.07, 6.45) is 0.238. The van der Waals surface area contributed by atoms with E-state index in [1.54, 1.807) is 18.1 Å². The molecule has 1 aliphatic heterocycles. The number of ether oxygens (including phenoxy) is 2. The van der Waals surface area contributed by atoms with Crippen LogP contribution in [0.1, 0.15) is 19.2 Å². The molecular formula is C23H25N5O4S. The first-order valence-corrected chi connectivity index (χ1v) is 11.4. The first-order valence-electron chi connectivity index (χ1n) is 10.4. The van der Waals surface area contributed by atoms with Crippen LogP contribution in [0.3, 0.4) is 0 Å². The molecule has 10 heteroatoms. The number of thioether (sulfide) groups is 1. The largest absolute Gasteiger partial charge is 0.497 e. The lowest BCUT2D eigenvalue weighted by atomic mass is 10.2. The molecule has 1 N–H and O–H groups in total. The van der Waals surface area contributed by atoms with Crippen molar-refractivity contribution in [1.29, 1.82) is 0 Å². The monoisotopic (exact) mass is 467 g/mol. The lowest BCUT2D eigenvalue weighted by Crippen LogP contribution is -2.40. The van der Waals surface area contributed by atoms with E-state index >= 15 is 0 Å². The van der Waals surface area contributed by atoms with Gasteiger partial charge >= 0.3 is 0 Å². The highest BCUT2D eigenvalue weighted by Crippen LogP contribution is 2.32. The second-order valence-corrected chi connectivity index (χ2v) is 8.54. The van der Waals surface area contributed by atoms with Gasteiger partial charge in [-0.05, 0) is 43.3 Å². The molecule has 0 fully saturated rings. The summed E-state index contributed by atoms with van der Waals surface area (Å²) in [6, 6.07) is 14.4. The summed E-state index contributed by atoms with van der Waals surface area (Å²) in [5.74, 6) is 2.05. The van der Waals surface area contributed by atoms with E-state index in [2.05, 4.69) is 15.5 Å². The SMILES string of the molecule is COc1ccc(OCc2nnc(SCC(=O)N3c4ccccc4NC(=O)C[C@@H]3C)n2C)cc1. The molecule has 2 aromatic carbocycles. The molecule has 172 valence electrons. The molecule has 4 rings (SSSR count). The summed E-state index contributed by atoms with van der Waals surface area (Å²) < 4.78 is 12.7. The third-order valence-corrected chi connectivity index (χ3v) is 6.31. The number of carbonyl (C=O) groups is 2. The van der Waals surface area contributed by atoms with E-state index in [0.717, 1.165) is 5.75 Å². The van der Waals surface area contributed by atoms with Crippen molar-refractivity contribution in [3.8, 4) is 11.5 Å². The Balaban J connectivity index is 1.40. The van der Waals surface area contributed by atoms with Crippen molar-refractivity contribution in [2.45, 2.75) is 31.1 Å². The summed E-state index contributed by atoms with van der Waals surface area (Å²) in [5.41, 5.74) is 1.34. The van der Waals surface area contributed by atoms with E-state index in [1.165, 1.54) is 11.8 Å². The standard InChI is InChI=1S/C23H25N5O4S/c1-15-12-21(29)24-18-6-4-5-7-19(18)28(15)22(30)14-33-23-26-25-20(27(23)2)13-32-17-10-8-16(31-3)9-11-17/h4-11,15H,12-14H2,1-3H3,(H,24,29)/t15-/m0/s1. The number of rotatable bonds is 7. The molecule has 1 aromatic heterocycles. The third kappa shape index (κ3) is 5.11. The predicted molar refractivity (Wildman–Crippen MR) is 126 cm³/mol. The highest BCUT2D eigenvalue weighted by molar-refractivity contribution is 7.99. The Morgan fingerprint density at radius 2 is 1.88 bits per heavy atom. The quantitative estimate of drug-likeness (QED) is 0.533. The number of amides is 2. The first-order chi connectivity index (χ1) is 16.0. The van der Waals surface area contributed by atoms with Crippen LogP contribution in [0.15, 0.2) is 53.7 Å². The van der Waals surface area contributed by atoms with Gasteiger partial charge in [0.05, 0.1) is 24.2 Å². The summed E-state index contributed by atoms with van der Waals surface area (Å²) in [6.45, 7) is 2.12. The van der Waals surface area contributed by atoms with Crippen LogP contribution in [0.5, 0.6) is 11.5 Å². The fraction of sp³-hybridized carbons (Fsp3) is 0.304. The van der Waals surface area contributed by atoms with Crippen molar-refractivity contribution in [2.24, 2.45) is 7.05 Å². The van der Waals surface area contributed by atoms with Crippen molar-refractivity contribution >= 4 is 35.0 Å². The average Bonchev–Trinajstić information content (AvgIpc) is 3.10. The second kappa shape index (κ2) is 9.95. The highest BCUT2D eigenvalue weighted by Gasteiger charge is 2.29. The van der Waals surface area contributed by atoms with Crippen molar-refractivity contribution in [3.05, 3.63) is 54.4 Å². The van der Waals surface area contributed by atoms with Gasteiger partial charge in [-0.25, -0.2) is 0 Å². The Kier molecular flexibility index (Phi) is 6.83. The molecule has 1 atom stereocenters. The molecule has 0 saturated carbocycles. The minimum atomic E-state index is -0.255. The molecule has 9 nitrogen and oxygen atoms in total. The van der Waals surface area contributed by atoms with Crippen LogP contribution in [0.2, 0.25) is 0 Å². The van der Waals surface area contributed by atoms with Gasteiger partial charge < -0.3 is 24.3 Å². The average molecular weight is 468 g/mol. The molecule has 2 amide bonds. The van der Waals surface area contributed by atoms with Gasteiger partial charge in [0.1, 0.15) is 18.1 Å². The number of fused-ring (bicyclic) bond motifs is 1. The number of anilines is 2. The van der Waals surface area contributed by atoms with Gasteiger partial charge in [-0.1, -0.05) is 23.9 Å². The summed E-state index contributed by atoms with van der Waals surface area (Å²) in [5, 5.41) is 11.9. The fourth-order valence-corrected chi connectivity index (χ4v) is 4.37. The number of hydrogen-bond acceptors (Lipinski definition) is 7. The number of benzene rings is 2. The van der Waals surface area contributed by atoms with Crippen LogP contribution in [0.25, 0.3) is 0 Å². The Labute approximate surface area is 196 Å². The number of methoxy groups -OCH3 is 1. The van der Waals surface area contributed by atoms with Gasteiger partial charge in [0.15, 0.2) is 11.0 Å². The third-order valence-electron chi connectivity index (χ3n) is 5.31. The molecular weight excluding hydrogens is 442 g/mol. The molecule has 0 unspecified atom stereocenters. The molecule has 1 aliphatic rings. The van der Waals surface area contributed by atoms with E-state index in [1.807, 2.05) is 61.0 Å². The van der Waals surface area contributed by atoms with Gasteiger partial charge in [-0.3, -0.25) is 9.59 Å². The molecule has 3 aromatic rings. The van der Waals surface area contributed by atoms with Crippen LogP contribution in [-0.4, -0.2) is 45.5 Å². The van der Waals surface area contributed by atoms with Crippen LogP contribution in [0, 0.1) is 0 Å². The topological polar surface area (TPSA) is 98.6 Å². The van der Waals surface area contributed by atoms with E-state index in [4.69, 9.17) is 9.47 Å². The Hall–Kier alpha value is -3.53. The van der Waals surface area contributed by atoms with Crippen molar-refractivity contribution in [3.63, 3.8) is 0 Å².